The third kappa shape index (κ3) is 5.15. The molecule has 12 heteroatoms. The summed E-state index contributed by atoms with van der Waals surface area (Å²) in [5, 5.41) is 14.6. The molecule has 1 amide bonds. The number of nitrogens with two attached hydrogens (primary N) is 1. The Morgan fingerprint density at radius 3 is 2.85 bits per heavy atom. The van der Waals surface area contributed by atoms with Gasteiger partial charge in [0.25, 0.3) is 0 Å². The maximum absolute atomic E-state index is 12.7. The SMILES string of the molecule is C[C@H]1CN(C(=O)OC(C)(C)C)CCCN1c1nccc(-c2noc([C@@]3(C)CCCc4sc(N)c(C#N)c43)n2)n1. The summed E-state index contributed by atoms with van der Waals surface area (Å²) in [6, 6.07) is 4.01. The molecule has 11 nitrogen and oxygen atoms in total. The number of carbonyl (C=O) groups excluding carboxylic acids is 1. The number of ether oxygens (including phenoxy) is 1. The van der Waals surface area contributed by atoms with Crippen molar-refractivity contribution in [1.82, 2.24) is 25.0 Å². The normalized spacial score (nSPS) is 21.7. The fraction of sp³-hybridized carbons (Fsp3) is 0.556. The van der Waals surface area contributed by atoms with Crippen LogP contribution < -0.4 is 10.6 Å². The second-order valence-electron chi connectivity index (χ2n) is 11.4. The molecule has 0 unspecified atom stereocenters. The van der Waals surface area contributed by atoms with Crippen molar-refractivity contribution in [3.63, 3.8) is 0 Å². The number of hydrogen-bond donors (Lipinski definition) is 1. The van der Waals surface area contributed by atoms with E-state index in [4.69, 9.17) is 25.0 Å². The zero-order valence-corrected chi connectivity index (χ0v) is 23.8. The van der Waals surface area contributed by atoms with Gasteiger partial charge in [-0.1, -0.05) is 5.16 Å². The lowest BCUT2D eigenvalue weighted by Gasteiger charge is -2.30. The van der Waals surface area contributed by atoms with Crippen LogP contribution >= 0.6 is 11.3 Å². The molecule has 1 aliphatic heterocycles. The summed E-state index contributed by atoms with van der Waals surface area (Å²) in [6.45, 7) is 11.5. The number of anilines is 2. The molecular formula is C27H34N8O3S. The maximum Gasteiger partial charge on any atom is 0.410 e. The zero-order chi connectivity index (χ0) is 27.9. The number of rotatable bonds is 3. The van der Waals surface area contributed by atoms with Crippen molar-refractivity contribution in [1.29, 1.82) is 5.26 Å². The van der Waals surface area contributed by atoms with Gasteiger partial charge in [-0.25, -0.2) is 14.8 Å². The van der Waals surface area contributed by atoms with Crippen molar-refractivity contribution < 1.29 is 14.1 Å². The van der Waals surface area contributed by atoms with Crippen molar-refractivity contribution in [2.45, 2.75) is 77.4 Å². The van der Waals surface area contributed by atoms with Crippen LogP contribution in [0.4, 0.5) is 15.7 Å². The minimum absolute atomic E-state index is 0.0240. The van der Waals surface area contributed by atoms with Crippen LogP contribution in [0.3, 0.4) is 0 Å². The molecule has 0 spiro atoms. The predicted octanol–water partition coefficient (Wildman–Crippen LogP) is 4.52. The van der Waals surface area contributed by atoms with Crippen LogP contribution in [0.2, 0.25) is 0 Å². The molecule has 4 heterocycles. The summed E-state index contributed by atoms with van der Waals surface area (Å²) in [5.41, 5.74) is 6.98. The van der Waals surface area contributed by atoms with Gasteiger partial charge in [0.1, 0.15) is 22.4 Å². The first kappa shape index (κ1) is 26.9. The highest BCUT2D eigenvalue weighted by molar-refractivity contribution is 7.16. The molecule has 5 rings (SSSR count). The molecule has 2 N–H and O–H groups in total. The first-order valence-corrected chi connectivity index (χ1v) is 14.1. The molecule has 206 valence electrons. The number of nitrogen functional groups attached to an aromatic ring is 1. The summed E-state index contributed by atoms with van der Waals surface area (Å²) in [7, 11) is 0. The van der Waals surface area contributed by atoms with Crippen LogP contribution in [0.5, 0.6) is 0 Å². The van der Waals surface area contributed by atoms with Crippen LogP contribution in [0.25, 0.3) is 11.5 Å². The maximum atomic E-state index is 12.7. The number of aromatic nitrogens is 4. The molecule has 39 heavy (non-hydrogen) atoms. The van der Waals surface area contributed by atoms with Crippen molar-refractivity contribution >= 4 is 28.4 Å². The molecular weight excluding hydrogens is 516 g/mol. The summed E-state index contributed by atoms with van der Waals surface area (Å²) in [4.78, 5) is 31.7. The van der Waals surface area contributed by atoms with E-state index in [2.05, 4.69) is 21.1 Å². The van der Waals surface area contributed by atoms with Crippen molar-refractivity contribution in [2.24, 2.45) is 0 Å². The van der Waals surface area contributed by atoms with E-state index in [0.29, 0.717) is 53.6 Å². The number of nitriles is 1. The van der Waals surface area contributed by atoms with Gasteiger partial charge in [0, 0.05) is 42.3 Å². The Bertz CT molecular complexity index is 1420. The Morgan fingerprint density at radius 1 is 1.31 bits per heavy atom. The van der Waals surface area contributed by atoms with Gasteiger partial charge < -0.3 is 24.8 Å². The van der Waals surface area contributed by atoms with Crippen LogP contribution in [0, 0.1) is 11.3 Å². The molecule has 3 aromatic rings. The predicted molar refractivity (Wildman–Crippen MR) is 147 cm³/mol. The summed E-state index contributed by atoms with van der Waals surface area (Å²) < 4.78 is 11.4. The van der Waals surface area contributed by atoms with E-state index in [1.54, 1.807) is 17.2 Å². The summed E-state index contributed by atoms with van der Waals surface area (Å²) in [5.74, 6) is 1.35. The van der Waals surface area contributed by atoms with Gasteiger partial charge in [-0.3, -0.25) is 0 Å². The van der Waals surface area contributed by atoms with E-state index in [1.807, 2.05) is 34.6 Å². The monoisotopic (exact) mass is 550 g/mol. The van der Waals surface area contributed by atoms with E-state index >= 15 is 0 Å². The molecule has 3 aromatic heterocycles. The lowest BCUT2D eigenvalue weighted by Crippen LogP contribution is -2.43. The first-order valence-electron chi connectivity index (χ1n) is 13.2. The highest BCUT2D eigenvalue weighted by Gasteiger charge is 2.43. The van der Waals surface area contributed by atoms with E-state index in [0.717, 1.165) is 36.1 Å². The average molecular weight is 551 g/mol. The fourth-order valence-electron chi connectivity index (χ4n) is 5.42. The van der Waals surface area contributed by atoms with Crippen LogP contribution in [0.1, 0.15) is 75.8 Å². The minimum Gasteiger partial charge on any atom is -0.444 e. The standard InChI is InChI=1S/C27H34N8O3S/c1-16-15-34(25(36)37-26(2,3)4)12-7-13-35(16)24-30-11-9-18(31-24)22-32-23(38-33-22)27(5)10-6-8-19-20(27)17(14-28)21(29)39-19/h9,11,16H,6-8,10,12-13,15,29H2,1-5H3/t16-,27-/m0/s1. The number of thiophene rings is 1. The Hall–Kier alpha value is -3.72. The zero-order valence-electron chi connectivity index (χ0n) is 23.0. The Morgan fingerprint density at radius 2 is 2.10 bits per heavy atom. The van der Waals surface area contributed by atoms with Crippen LogP contribution in [-0.2, 0) is 16.6 Å². The quantitative estimate of drug-likeness (QED) is 0.493. The molecule has 0 saturated carbocycles. The first-order chi connectivity index (χ1) is 18.5. The van der Waals surface area contributed by atoms with E-state index in [1.165, 1.54) is 11.3 Å². The van der Waals surface area contributed by atoms with Crippen molar-refractivity contribution in [3.8, 4) is 17.6 Å². The minimum atomic E-state index is -0.599. The summed E-state index contributed by atoms with van der Waals surface area (Å²) >= 11 is 1.47. The van der Waals surface area contributed by atoms with Crippen LogP contribution in [0.15, 0.2) is 16.8 Å². The number of hydrogen-bond acceptors (Lipinski definition) is 11. The third-order valence-electron chi connectivity index (χ3n) is 7.27. The number of fused-ring (bicyclic) bond motifs is 1. The lowest BCUT2D eigenvalue weighted by atomic mass is 9.72. The Kier molecular flexibility index (Phi) is 6.97. The second kappa shape index (κ2) is 10.1. The van der Waals surface area contributed by atoms with Crippen molar-refractivity contribution in [3.05, 3.63) is 34.2 Å². The topological polar surface area (TPSA) is 147 Å². The van der Waals surface area contributed by atoms with Crippen molar-refractivity contribution in [2.75, 3.05) is 30.3 Å². The Balaban J connectivity index is 1.39. The average Bonchev–Trinajstić information content (AvgIpc) is 3.45. The largest absolute Gasteiger partial charge is 0.444 e. The molecule has 1 aliphatic carbocycles. The smallest absolute Gasteiger partial charge is 0.410 e. The van der Waals surface area contributed by atoms with E-state index in [-0.39, 0.29) is 12.1 Å². The highest BCUT2D eigenvalue weighted by atomic mass is 32.1. The summed E-state index contributed by atoms with van der Waals surface area (Å²) in [6.07, 6.45) is 4.74. The second-order valence-corrected chi connectivity index (χ2v) is 12.6. The number of carbonyl (C=O) groups is 1. The molecule has 2 atom stereocenters. The molecule has 1 fully saturated rings. The van der Waals surface area contributed by atoms with Gasteiger partial charge in [0.05, 0.1) is 11.0 Å². The third-order valence-corrected chi connectivity index (χ3v) is 8.35. The Labute approximate surface area is 232 Å². The van der Waals surface area contributed by atoms with Gasteiger partial charge in [0.2, 0.25) is 17.7 Å². The van der Waals surface area contributed by atoms with Gasteiger partial charge in [-0.2, -0.15) is 10.2 Å². The number of amides is 1. The van der Waals surface area contributed by atoms with Gasteiger partial charge in [0.15, 0.2) is 0 Å². The fourth-order valence-corrected chi connectivity index (χ4v) is 6.61. The highest BCUT2D eigenvalue weighted by Crippen LogP contribution is 2.48. The van der Waals surface area contributed by atoms with E-state index < -0.39 is 11.0 Å². The number of nitrogens with zero attached hydrogens (tertiary/aromatic N) is 7. The van der Waals surface area contributed by atoms with Gasteiger partial charge in [-0.05, 0) is 66.4 Å². The lowest BCUT2D eigenvalue weighted by molar-refractivity contribution is 0.0251. The molecule has 0 bridgehead atoms. The molecule has 2 aliphatic rings. The van der Waals surface area contributed by atoms with Gasteiger partial charge in [-0.15, -0.1) is 11.3 Å². The molecule has 0 aromatic carbocycles. The number of aryl methyl sites for hydroxylation is 1. The molecule has 1 saturated heterocycles. The van der Waals surface area contributed by atoms with E-state index in [9.17, 15) is 10.1 Å². The van der Waals surface area contributed by atoms with Gasteiger partial charge >= 0.3 is 6.09 Å². The van der Waals surface area contributed by atoms with Crippen LogP contribution in [-0.4, -0.2) is 62.4 Å². The molecule has 0 radical (unpaired) electrons.